The average molecular weight is 322 g/mol. The molecule has 0 amide bonds. The summed E-state index contributed by atoms with van der Waals surface area (Å²) in [6.45, 7) is 7.04. The molecule has 1 heterocycles. The van der Waals surface area contributed by atoms with E-state index in [0.29, 0.717) is 0 Å². The molecule has 4 nitrogen and oxygen atoms in total. The highest BCUT2D eigenvalue weighted by Gasteiger charge is 2.37. The van der Waals surface area contributed by atoms with E-state index < -0.39 is 10.0 Å². The van der Waals surface area contributed by atoms with E-state index in [1.54, 1.807) is 0 Å². The molecule has 22 heavy (non-hydrogen) atoms. The van der Waals surface area contributed by atoms with Crippen molar-refractivity contribution in [3.63, 3.8) is 0 Å². The van der Waals surface area contributed by atoms with Gasteiger partial charge in [-0.05, 0) is 57.2 Å². The van der Waals surface area contributed by atoms with Gasteiger partial charge in [-0.15, -0.1) is 0 Å². The minimum atomic E-state index is -3.07. The van der Waals surface area contributed by atoms with Crippen LogP contribution in [0.15, 0.2) is 18.2 Å². The second-order valence-corrected chi connectivity index (χ2v) is 8.86. The van der Waals surface area contributed by atoms with Crippen LogP contribution in [0, 0.1) is 13.8 Å². The molecule has 122 valence electrons. The predicted octanol–water partition coefficient (Wildman–Crippen LogP) is 2.35. The van der Waals surface area contributed by atoms with Gasteiger partial charge in [-0.1, -0.05) is 23.8 Å². The monoisotopic (exact) mass is 322 g/mol. The van der Waals surface area contributed by atoms with Gasteiger partial charge in [0.05, 0.1) is 5.25 Å². The molecule has 1 N–H and O–H groups in total. The van der Waals surface area contributed by atoms with E-state index in [1.807, 2.05) is 0 Å². The van der Waals surface area contributed by atoms with Crippen molar-refractivity contribution in [2.45, 2.75) is 57.4 Å². The van der Waals surface area contributed by atoms with Gasteiger partial charge in [0.15, 0.2) is 0 Å². The van der Waals surface area contributed by atoms with Crippen LogP contribution in [0.25, 0.3) is 0 Å². The normalized spacial score (nSPS) is 23.6. The van der Waals surface area contributed by atoms with Crippen LogP contribution in [0.4, 0.5) is 0 Å². The fourth-order valence-electron chi connectivity index (χ4n) is 3.21. The highest BCUT2D eigenvalue weighted by Crippen LogP contribution is 2.28. The van der Waals surface area contributed by atoms with Crippen LogP contribution in [0.3, 0.4) is 0 Å². The zero-order chi connectivity index (χ0) is 15.7. The summed E-state index contributed by atoms with van der Waals surface area (Å²) in [4.78, 5) is 2.38. The molecular formula is C17H26N2O2S. The first kappa shape index (κ1) is 16.0. The predicted molar refractivity (Wildman–Crippen MR) is 89.3 cm³/mol. The van der Waals surface area contributed by atoms with E-state index in [9.17, 15) is 8.42 Å². The van der Waals surface area contributed by atoms with Gasteiger partial charge in [0.2, 0.25) is 10.0 Å². The minimum Gasteiger partial charge on any atom is -0.297 e. The first-order valence-electron chi connectivity index (χ1n) is 8.24. The molecule has 0 radical (unpaired) electrons. The van der Waals surface area contributed by atoms with Gasteiger partial charge in [-0.2, -0.15) is 0 Å². The van der Waals surface area contributed by atoms with Crippen LogP contribution in [0.1, 0.15) is 42.4 Å². The number of nitrogens with zero attached hydrogens (tertiary/aromatic N) is 1. The molecule has 0 bridgehead atoms. The molecule has 3 rings (SSSR count). The molecule has 1 aliphatic carbocycles. The van der Waals surface area contributed by atoms with Gasteiger partial charge < -0.3 is 0 Å². The molecule has 0 spiro atoms. The van der Waals surface area contributed by atoms with Gasteiger partial charge in [0.1, 0.15) is 0 Å². The van der Waals surface area contributed by atoms with Crippen molar-refractivity contribution in [2.75, 3.05) is 13.1 Å². The zero-order valence-corrected chi connectivity index (χ0v) is 14.3. The van der Waals surface area contributed by atoms with Gasteiger partial charge in [0, 0.05) is 19.1 Å². The van der Waals surface area contributed by atoms with Crippen LogP contribution < -0.4 is 4.72 Å². The van der Waals surface area contributed by atoms with Gasteiger partial charge >= 0.3 is 0 Å². The quantitative estimate of drug-likeness (QED) is 0.905. The number of hydrogen-bond acceptors (Lipinski definition) is 3. The van der Waals surface area contributed by atoms with Gasteiger partial charge in [-0.3, -0.25) is 4.90 Å². The summed E-state index contributed by atoms with van der Waals surface area (Å²) in [6, 6.07) is 6.63. The SMILES string of the molecule is Cc1ccc(C)c(CN2CCCC(NS(=O)(=O)C3CC3)C2)c1. The maximum Gasteiger partial charge on any atom is 0.214 e. The highest BCUT2D eigenvalue weighted by molar-refractivity contribution is 7.90. The number of aryl methyl sites for hydroxylation is 2. The fourth-order valence-corrected chi connectivity index (χ4v) is 4.82. The Labute approximate surface area is 134 Å². The zero-order valence-electron chi connectivity index (χ0n) is 13.5. The van der Waals surface area contributed by atoms with Crippen molar-refractivity contribution in [2.24, 2.45) is 0 Å². The lowest BCUT2D eigenvalue weighted by Crippen LogP contribution is -2.48. The summed E-state index contributed by atoms with van der Waals surface area (Å²) in [5.74, 6) is 0. The Bertz CT molecular complexity index is 638. The van der Waals surface area contributed by atoms with Crippen molar-refractivity contribution >= 4 is 10.0 Å². The van der Waals surface area contributed by atoms with Gasteiger partial charge in [-0.25, -0.2) is 13.1 Å². The third kappa shape index (κ3) is 3.89. The van der Waals surface area contributed by atoms with E-state index in [-0.39, 0.29) is 11.3 Å². The first-order valence-corrected chi connectivity index (χ1v) is 9.78. The van der Waals surface area contributed by atoms with Crippen LogP contribution in [-0.4, -0.2) is 37.7 Å². The number of hydrogen-bond donors (Lipinski definition) is 1. The van der Waals surface area contributed by atoms with E-state index in [0.717, 1.165) is 45.3 Å². The Morgan fingerprint density at radius 2 is 2.00 bits per heavy atom. The number of nitrogens with one attached hydrogen (secondary N) is 1. The lowest BCUT2D eigenvalue weighted by molar-refractivity contribution is 0.194. The number of benzene rings is 1. The number of rotatable bonds is 5. The number of likely N-dealkylation sites (tertiary alicyclic amines) is 1. The topological polar surface area (TPSA) is 49.4 Å². The largest absolute Gasteiger partial charge is 0.297 e. The number of sulfonamides is 1. The Hall–Kier alpha value is -0.910. The van der Waals surface area contributed by atoms with Crippen LogP contribution >= 0.6 is 0 Å². The molecule has 1 saturated heterocycles. The third-order valence-electron chi connectivity index (χ3n) is 4.70. The van der Waals surface area contributed by atoms with Gasteiger partial charge in [0.25, 0.3) is 0 Å². The van der Waals surface area contributed by atoms with E-state index in [1.165, 1.54) is 16.7 Å². The lowest BCUT2D eigenvalue weighted by Gasteiger charge is -2.33. The summed E-state index contributed by atoms with van der Waals surface area (Å²) in [5.41, 5.74) is 3.94. The third-order valence-corrected chi connectivity index (χ3v) is 6.71. The Balaban J connectivity index is 1.62. The van der Waals surface area contributed by atoms with Crippen molar-refractivity contribution in [1.29, 1.82) is 0 Å². The molecule has 1 aromatic rings. The van der Waals surface area contributed by atoms with Crippen LogP contribution in [-0.2, 0) is 16.6 Å². The minimum absolute atomic E-state index is 0.0736. The van der Waals surface area contributed by atoms with Crippen LogP contribution in [0.5, 0.6) is 0 Å². The Kier molecular flexibility index (Phi) is 4.57. The first-order chi connectivity index (χ1) is 10.4. The Morgan fingerprint density at radius 3 is 2.73 bits per heavy atom. The number of piperidine rings is 1. The average Bonchev–Trinajstić information content (AvgIpc) is 3.28. The second kappa shape index (κ2) is 6.30. The summed E-state index contributed by atoms with van der Waals surface area (Å²) >= 11 is 0. The van der Waals surface area contributed by atoms with Crippen LogP contribution in [0.2, 0.25) is 0 Å². The molecule has 2 aliphatic rings. The molecule has 1 unspecified atom stereocenters. The molecule has 2 fully saturated rings. The molecule has 1 saturated carbocycles. The molecule has 1 atom stereocenters. The van der Waals surface area contributed by atoms with Crippen molar-refractivity contribution in [3.8, 4) is 0 Å². The second-order valence-electron chi connectivity index (χ2n) is 6.87. The van der Waals surface area contributed by atoms with E-state index >= 15 is 0 Å². The van der Waals surface area contributed by atoms with Crippen molar-refractivity contribution in [3.05, 3.63) is 34.9 Å². The Morgan fingerprint density at radius 1 is 1.23 bits per heavy atom. The lowest BCUT2D eigenvalue weighted by atomic mass is 10.0. The summed E-state index contributed by atoms with van der Waals surface area (Å²) < 4.78 is 27.1. The van der Waals surface area contributed by atoms with E-state index in [2.05, 4.69) is 41.7 Å². The highest BCUT2D eigenvalue weighted by atomic mass is 32.2. The van der Waals surface area contributed by atoms with E-state index in [4.69, 9.17) is 0 Å². The molecular weight excluding hydrogens is 296 g/mol. The fraction of sp³-hybridized carbons (Fsp3) is 0.647. The summed E-state index contributed by atoms with van der Waals surface area (Å²) in [7, 11) is -3.07. The maximum absolute atomic E-state index is 12.1. The maximum atomic E-state index is 12.1. The molecule has 1 aliphatic heterocycles. The smallest absolute Gasteiger partial charge is 0.214 e. The molecule has 5 heteroatoms. The standard InChI is InChI=1S/C17H26N2O2S/c1-13-5-6-14(2)15(10-13)11-19-9-3-4-16(12-19)18-22(20,21)17-7-8-17/h5-6,10,16-18H,3-4,7-9,11-12H2,1-2H3. The summed E-state index contributed by atoms with van der Waals surface area (Å²) in [5, 5.41) is -0.123. The molecule has 1 aromatic carbocycles. The van der Waals surface area contributed by atoms with Crippen molar-refractivity contribution < 1.29 is 8.42 Å². The summed E-state index contributed by atoms with van der Waals surface area (Å²) in [6.07, 6.45) is 3.67. The molecule has 0 aromatic heterocycles. The van der Waals surface area contributed by atoms with Crippen molar-refractivity contribution in [1.82, 2.24) is 9.62 Å².